The zero-order chi connectivity index (χ0) is 31.6. The molecule has 0 N–H and O–H groups in total. The lowest BCUT2D eigenvalue weighted by Crippen LogP contribution is -1.97. The van der Waals surface area contributed by atoms with Gasteiger partial charge in [0.05, 0.1) is 11.4 Å². The van der Waals surface area contributed by atoms with Gasteiger partial charge in [0.2, 0.25) is 0 Å². The van der Waals surface area contributed by atoms with Crippen molar-refractivity contribution < 1.29 is 4.74 Å². The lowest BCUT2D eigenvalue weighted by atomic mass is 9.92. The highest BCUT2D eigenvalue weighted by Crippen LogP contribution is 2.47. The number of aromatic nitrogens is 2. The van der Waals surface area contributed by atoms with Crippen LogP contribution in [0.5, 0.6) is 11.5 Å². The van der Waals surface area contributed by atoms with E-state index in [0.717, 1.165) is 56.3 Å². The lowest BCUT2D eigenvalue weighted by molar-refractivity contribution is 0.487. The van der Waals surface area contributed by atoms with E-state index in [1.807, 2.05) is 35.6 Å². The topological polar surface area (TPSA) is 35.0 Å². The molecule has 1 aliphatic heterocycles. The first-order valence-corrected chi connectivity index (χ1v) is 16.9. The Morgan fingerprint density at radius 2 is 1.12 bits per heavy atom. The third-order valence-electron chi connectivity index (χ3n) is 9.30. The molecule has 0 bridgehead atoms. The largest absolute Gasteiger partial charge is 0.456 e. The van der Waals surface area contributed by atoms with Gasteiger partial charge in [0, 0.05) is 47.8 Å². The highest BCUT2D eigenvalue weighted by molar-refractivity contribution is 7.25. The summed E-state index contributed by atoms with van der Waals surface area (Å²) in [5.74, 6) is 2.51. The van der Waals surface area contributed by atoms with Crippen molar-refractivity contribution in [2.45, 2.75) is 0 Å². The summed E-state index contributed by atoms with van der Waals surface area (Å²) in [5.41, 5.74) is 9.53. The summed E-state index contributed by atoms with van der Waals surface area (Å²) < 4.78 is 8.89. The van der Waals surface area contributed by atoms with E-state index in [-0.39, 0.29) is 0 Å². The van der Waals surface area contributed by atoms with Crippen molar-refractivity contribution in [3.05, 3.63) is 158 Å². The monoisotopic (exact) mass is 630 g/mol. The van der Waals surface area contributed by atoms with Gasteiger partial charge in [-0.1, -0.05) is 121 Å². The highest BCUT2D eigenvalue weighted by Gasteiger charge is 2.20. The molecule has 224 valence electrons. The first kappa shape index (κ1) is 27.1. The third-order valence-corrected chi connectivity index (χ3v) is 10.4. The molecule has 1 aliphatic rings. The number of ether oxygens (including phenoxy) is 1. The SMILES string of the molecule is c1ccc(-c2nc(-c3ccc(-c4ccc5c(c4)-c4cccc6cccc(c46)O5)cc3)cc(-c3ccc4c(c3)sc3ccccc34)n2)cc1. The van der Waals surface area contributed by atoms with Crippen LogP contribution >= 0.6 is 11.3 Å². The Morgan fingerprint density at radius 3 is 2.00 bits per heavy atom. The predicted molar refractivity (Wildman–Crippen MR) is 200 cm³/mol. The van der Waals surface area contributed by atoms with Crippen LogP contribution in [-0.4, -0.2) is 9.97 Å². The molecule has 3 heterocycles. The van der Waals surface area contributed by atoms with E-state index in [0.29, 0.717) is 5.82 Å². The zero-order valence-corrected chi connectivity index (χ0v) is 26.5. The average Bonchev–Trinajstić information content (AvgIpc) is 3.53. The molecular weight excluding hydrogens is 605 g/mol. The molecule has 0 aliphatic carbocycles. The van der Waals surface area contributed by atoms with Gasteiger partial charge < -0.3 is 4.74 Å². The molecule has 9 aromatic rings. The van der Waals surface area contributed by atoms with Crippen molar-refractivity contribution in [2.24, 2.45) is 0 Å². The molecule has 0 spiro atoms. The van der Waals surface area contributed by atoms with Gasteiger partial charge in [-0.3, -0.25) is 0 Å². The summed E-state index contributed by atoms with van der Waals surface area (Å²) in [7, 11) is 0. The van der Waals surface area contributed by atoms with Gasteiger partial charge in [-0.15, -0.1) is 11.3 Å². The standard InChI is InChI=1S/C44H26N2OS/c1-2-8-30(9-3-1)44-45-37(26-38(46-44)32-20-22-34-33-12-4-5-15-41(33)48-42(34)25-32)28-18-16-27(17-19-28)31-21-23-39-36(24-31)35-13-6-10-29-11-7-14-40(47-39)43(29)35/h1-26H. The molecule has 0 saturated carbocycles. The first-order chi connectivity index (χ1) is 23.7. The molecule has 0 amide bonds. The Kier molecular flexibility index (Phi) is 6.05. The van der Waals surface area contributed by atoms with Gasteiger partial charge >= 0.3 is 0 Å². The number of hydrogen-bond donors (Lipinski definition) is 0. The molecule has 48 heavy (non-hydrogen) atoms. The van der Waals surface area contributed by atoms with Crippen LogP contribution in [0.1, 0.15) is 0 Å². The highest BCUT2D eigenvalue weighted by atomic mass is 32.1. The van der Waals surface area contributed by atoms with Crippen molar-refractivity contribution in [1.82, 2.24) is 9.97 Å². The molecular formula is C44H26N2OS. The minimum absolute atomic E-state index is 0.716. The lowest BCUT2D eigenvalue weighted by Gasteiger charge is -2.22. The number of hydrogen-bond acceptors (Lipinski definition) is 4. The van der Waals surface area contributed by atoms with Crippen LogP contribution in [0.25, 0.3) is 87.1 Å². The van der Waals surface area contributed by atoms with Crippen LogP contribution in [-0.2, 0) is 0 Å². The Bertz CT molecular complexity index is 2690. The second-order valence-corrected chi connectivity index (χ2v) is 13.3. The molecule has 10 rings (SSSR count). The van der Waals surface area contributed by atoms with Crippen LogP contribution in [0.4, 0.5) is 0 Å². The van der Waals surface area contributed by atoms with Gasteiger partial charge in [-0.25, -0.2) is 9.97 Å². The number of thiophene rings is 1. The van der Waals surface area contributed by atoms with E-state index in [4.69, 9.17) is 14.7 Å². The van der Waals surface area contributed by atoms with Crippen LogP contribution < -0.4 is 4.74 Å². The maximum absolute atomic E-state index is 6.34. The summed E-state index contributed by atoms with van der Waals surface area (Å²) in [6, 6.07) is 55.5. The summed E-state index contributed by atoms with van der Waals surface area (Å²) >= 11 is 1.82. The number of rotatable bonds is 4. The molecule has 0 atom stereocenters. The Hall–Kier alpha value is -6.10. The summed E-state index contributed by atoms with van der Waals surface area (Å²) in [4.78, 5) is 10.2. The van der Waals surface area contributed by atoms with Crippen LogP contribution in [0, 0.1) is 0 Å². The van der Waals surface area contributed by atoms with Gasteiger partial charge in [-0.2, -0.15) is 0 Å². The van der Waals surface area contributed by atoms with E-state index >= 15 is 0 Å². The fourth-order valence-electron chi connectivity index (χ4n) is 6.92. The van der Waals surface area contributed by atoms with E-state index in [9.17, 15) is 0 Å². The zero-order valence-electron chi connectivity index (χ0n) is 25.7. The number of nitrogens with zero attached hydrogens (tertiary/aromatic N) is 2. The van der Waals surface area contributed by atoms with E-state index in [2.05, 4.69) is 133 Å². The average molecular weight is 631 g/mol. The first-order valence-electron chi connectivity index (χ1n) is 16.1. The van der Waals surface area contributed by atoms with E-state index in [1.54, 1.807) is 0 Å². The second kappa shape index (κ2) is 10.7. The number of benzene rings is 7. The minimum Gasteiger partial charge on any atom is -0.456 e. The molecule has 0 radical (unpaired) electrons. The summed E-state index contributed by atoms with van der Waals surface area (Å²) in [5, 5.41) is 4.93. The Labute approximate surface area is 281 Å². The van der Waals surface area contributed by atoms with Crippen LogP contribution in [0.2, 0.25) is 0 Å². The summed E-state index contributed by atoms with van der Waals surface area (Å²) in [6.07, 6.45) is 0. The molecule has 2 aromatic heterocycles. The van der Waals surface area contributed by atoms with Crippen molar-refractivity contribution in [2.75, 3.05) is 0 Å². The van der Waals surface area contributed by atoms with E-state index < -0.39 is 0 Å². The minimum atomic E-state index is 0.716. The fourth-order valence-corrected chi connectivity index (χ4v) is 8.07. The Balaban J connectivity index is 1.05. The Morgan fingerprint density at radius 1 is 0.417 bits per heavy atom. The maximum atomic E-state index is 6.34. The molecule has 0 saturated heterocycles. The van der Waals surface area contributed by atoms with Crippen LogP contribution in [0.15, 0.2) is 158 Å². The van der Waals surface area contributed by atoms with E-state index in [1.165, 1.54) is 36.5 Å². The van der Waals surface area contributed by atoms with Crippen molar-refractivity contribution in [1.29, 1.82) is 0 Å². The van der Waals surface area contributed by atoms with Gasteiger partial charge in [0.25, 0.3) is 0 Å². The van der Waals surface area contributed by atoms with Crippen molar-refractivity contribution in [3.63, 3.8) is 0 Å². The number of fused-ring (bicyclic) bond motifs is 5. The van der Waals surface area contributed by atoms with Gasteiger partial charge in [-0.05, 0) is 58.5 Å². The van der Waals surface area contributed by atoms with Gasteiger partial charge in [0.15, 0.2) is 5.82 Å². The molecule has 0 unspecified atom stereocenters. The summed E-state index contributed by atoms with van der Waals surface area (Å²) in [6.45, 7) is 0. The second-order valence-electron chi connectivity index (χ2n) is 12.2. The predicted octanol–water partition coefficient (Wildman–Crippen LogP) is 12.4. The fraction of sp³-hybridized carbons (Fsp3) is 0. The molecule has 0 fully saturated rings. The smallest absolute Gasteiger partial charge is 0.160 e. The van der Waals surface area contributed by atoms with Crippen molar-refractivity contribution >= 4 is 42.3 Å². The maximum Gasteiger partial charge on any atom is 0.160 e. The van der Waals surface area contributed by atoms with Crippen LogP contribution in [0.3, 0.4) is 0 Å². The molecule has 3 nitrogen and oxygen atoms in total. The molecule has 7 aromatic carbocycles. The van der Waals surface area contributed by atoms with Crippen molar-refractivity contribution in [3.8, 4) is 67.7 Å². The normalized spacial score (nSPS) is 11.9. The third kappa shape index (κ3) is 4.42. The van der Waals surface area contributed by atoms with Gasteiger partial charge in [0.1, 0.15) is 11.5 Å². The molecule has 4 heteroatoms. The quantitative estimate of drug-likeness (QED) is 0.194.